The second-order valence-corrected chi connectivity index (χ2v) is 10.3. The van der Waals surface area contributed by atoms with Gasteiger partial charge in [0.2, 0.25) is 5.91 Å². The van der Waals surface area contributed by atoms with Gasteiger partial charge in [-0.15, -0.1) is 0 Å². The Kier molecular flexibility index (Phi) is 11.4. The SMILES string of the molecule is COc1ccc(CCN2CCCCC(NC(=O)[C@H](OC)[C@H](O)[C@@H](O)[C@H](O)/C=C/C(C)(C)C)C2=O)cc1. The van der Waals surface area contributed by atoms with Crippen molar-refractivity contribution in [2.45, 2.75) is 76.9 Å². The Morgan fingerprint density at radius 1 is 1.14 bits per heavy atom. The van der Waals surface area contributed by atoms with Crippen molar-refractivity contribution in [3.8, 4) is 5.75 Å². The van der Waals surface area contributed by atoms with Crippen molar-refractivity contribution in [1.82, 2.24) is 10.2 Å². The van der Waals surface area contributed by atoms with Gasteiger partial charge in [-0.2, -0.15) is 0 Å². The van der Waals surface area contributed by atoms with Gasteiger partial charge in [-0.3, -0.25) is 9.59 Å². The minimum absolute atomic E-state index is 0.188. The highest BCUT2D eigenvalue weighted by Crippen LogP contribution is 2.18. The van der Waals surface area contributed by atoms with Gasteiger partial charge in [0, 0.05) is 20.2 Å². The summed E-state index contributed by atoms with van der Waals surface area (Å²) < 4.78 is 10.3. The lowest BCUT2D eigenvalue weighted by atomic mass is 9.94. The summed E-state index contributed by atoms with van der Waals surface area (Å²) in [5.41, 5.74) is 0.840. The van der Waals surface area contributed by atoms with Gasteiger partial charge in [-0.25, -0.2) is 0 Å². The van der Waals surface area contributed by atoms with Crippen molar-refractivity contribution in [3.05, 3.63) is 42.0 Å². The Morgan fingerprint density at radius 2 is 1.81 bits per heavy atom. The molecule has 9 nitrogen and oxygen atoms in total. The topological polar surface area (TPSA) is 129 Å². The summed E-state index contributed by atoms with van der Waals surface area (Å²) >= 11 is 0. The molecule has 5 atom stereocenters. The second kappa shape index (κ2) is 13.7. The van der Waals surface area contributed by atoms with Gasteiger partial charge >= 0.3 is 0 Å². The molecule has 36 heavy (non-hydrogen) atoms. The molecule has 1 fully saturated rings. The summed E-state index contributed by atoms with van der Waals surface area (Å²) in [6.07, 6.45) is -0.381. The molecule has 1 heterocycles. The number of allylic oxidation sites excluding steroid dienone is 1. The van der Waals surface area contributed by atoms with Gasteiger partial charge in [0.25, 0.3) is 5.91 Å². The first-order valence-electron chi connectivity index (χ1n) is 12.4. The first-order chi connectivity index (χ1) is 17.0. The number of carbonyl (C=O) groups excluding carboxylic acids is 2. The molecule has 0 bridgehead atoms. The Labute approximate surface area is 214 Å². The number of likely N-dealkylation sites (tertiary alicyclic amines) is 1. The molecule has 1 aliphatic rings. The molecular formula is C27H42N2O7. The van der Waals surface area contributed by atoms with Crippen LogP contribution in [0.15, 0.2) is 36.4 Å². The van der Waals surface area contributed by atoms with Crippen molar-refractivity contribution in [2.24, 2.45) is 5.41 Å². The quantitative estimate of drug-likeness (QED) is 0.334. The normalized spacial score (nSPS) is 20.5. The fraction of sp³-hybridized carbons (Fsp3) is 0.630. The average Bonchev–Trinajstić information content (AvgIpc) is 3.01. The Bertz CT molecular complexity index is 866. The van der Waals surface area contributed by atoms with Crippen molar-refractivity contribution < 1.29 is 34.4 Å². The van der Waals surface area contributed by atoms with E-state index in [1.807, 2.05) is 45.0 Å². The summed E-state index contributed by atoms with van der Waals surface area (Å²) in [7, 11) is 2.84. The second-order valence-electron chi connectivity index (χ2n) is 10.3. The van der Waals surface area contributed by atoms with Crippen LogP contribution in [0.3, 0.4) is 0 Å². The van der Waals surface area contributed by atoms with Gasteiger partial charge in [-0.05, 0) is 48.8 Å². The van der Waals surface area contributed by atoms with E-state index in [0.29, 0.717) is 25.9 Å². The predicted octanol–water partition coefficient (Wildman–Crippen LogP) is 1.44. The molecule has 1 unspecified atom stereocenters. The van der Waals surface area contributed by atoms with E-state index in [1.54, 1.807) is 18.1 Å². The van der Waals surface area contributed by atoms with Crippen LogP contribution < -0.4 is 10.1 Å². The standard InChI is InChI=1S/C27H42N2O7/c1-27(2,3)15-13-21(30)22(31)23(32)24(36-5)25(33)28-20-8-6-7-16-29(26(20)34)17-14-18-9-11-19(35-4)12-10-18/h9-13,15,20-24,30-32H,6-8,14,16-17H2,1-5H3,(H,28,33)/b15-13+/t20?,21-,22+,23-,24-/m1/s1. The third kappa shape index (κ3) is 8.89. The average molecular weight is 507 g/mol. The number of hydrogen-bond donors (Lipinski definition) is 4. The number of nitrogens with one attached hydrogen (secondary N) is 1. The molecule has 1 aliphatic heterocycles. The number of ether oxygens (including phenoxy) is 2. The van der Waals surface area contributed by atoms with Crippen molar-refractivity contribution in [3.63, 3.8) is 0 Å². The number of amides is 2. The van der Waals surface area contributed by atoms with E-state index in [-0.39, 0.29) is 11.3 Å². The van der Waals surface area contributed by atoms with Crippen LogP contribution in [0.1, 0.15) is 45.6 Å². The number of benzene rings is 1. The Morgan fingerprint density at radius 3 is 2.39 bits per heavy atom. The van der Waals surface area contributed by atoms with E-state index in [2.05, 4.69) is 5.32 Å². The van der Waals surface area contributed by atoms with Crippen LogP contribution in [0, 0.1) is 5.41 Å². The van der Waals surface area contributed by atoms with E-state index in [1.165, 1.54) is 13.2 Å². The molecule has 9 heteroatoms. The van der Waals surface area contributed by atoms with Crippen molar-refractivity contribution in [1.29, 1.82) is 0 Å². The molecule has 1 aromatic carbocycles. The third-order valence-electron chi connectivity index (χ3n) is 6.24. The van der Waals surface area contributed by atoms with Crippen LogP contribution in [-0.2, 0) is 20.7 Å². The summed E-state index contributed by atoms with van der Waals surface area (Å²) in [6.45, 7) is 6.89. The van der Waals surface area contributed by atoms with Gasteiger partial charge < -0.3 is 35.0 Å². The molecule has 1 saturated heterocycles. The predicted molar refractivity (Wildman–Crippen MR) is 136 cm³/mol. The molecule has 0 radical (unpaired) electrons. The number of aliphatic hydroxyl groups excluding tert-OH is 3. The highest BCUT2D eigenvalue weighted by atomic mass is 16.5. The lowest BCUT2D eigenvalue weighted by Crippen LogP contribution is -2.56. The zero-order valence-electron chi connectivity index (χ0n) is 22.0. The minimum Gasteiger partial charge on any atom is -0.497 e. The third-order valence-corrected chi connectivity index (χ3v) is 6.24. The monoisotopic (exact) mass is 506 g/mol. The number of rotatable bonds is 11. The molecule has 1 aromatic rings. The Hall–Kier alpha value is -2.46. The number of hydrogen-bond acceptors (Lipinski definition) is 7. The van der Waals surface area contributed by atoms with E-state index >= 15 is 0 Å². The molecule has 2 amide bonds. The van der Waals surface area contributed by atoms with Crippen LogP contribution in [-0.4, -0.2) is 89.8 Å². The Balaban J connectivity index is 2.00. The van der Waals surface area contributed by atoms with Crippen molar-refractivity contribution in [2.75, 3.05) is 27.3 Å². The zero-order chi connectivity index (χ0) is 26.9. The van der Waals surface area contributed by atoms with Crippen LogP contribution >= 0.6 is 0 Å². The fourth-order valence-corrected chi connectivity index (χ4v) is 4.05. The maximum Gasteiger partial charge on any atom is 0.252 e. The smallest absolute Gasteiger partial charge is 0.252 e. The van der Waals surface area contributed by atoms with E-state index in [0.717, 1.165) is 24.2 Å². The van der Waals surface area contributed by atoms with Crippen LogP contribution in [0.25, 0.3) is 0 Å². The molecular weight excluding hydrogens is 464 g/mol. The summed E-state index contributed by atoms with van der Waals surface area (Å²) in [5, 5.41) is 33.9. The molecule has 0 aromatic heterocycles. The maximum atomic E-state index is 13.2. The van der Waals surface area contributed by atoms with E-state index in [9.17, 15) is 24.9 Å². The van der Waals surface area contributed by atoms with Gasteiger partial charge in [0.05, 0.1) is 7.11 Å². The largest absolute Gasteiger partial charge is 0.497 e. The first kappa shape index (κ1) is 29.8. The molecule has 0 aliphatic carbocycles. The minimum atomic E-state index is -1.69. The molecule has 202 valence electrons. The summed E-state index contributed by atoms with van der Waals surface area (Å²) in [4.78, 5) is 27.9. The maximum absolute atomic E-state index is 13.2. The van der Waals surface area contributed by atoms with Gasteiger partial charge in [0.15, 0.2) is 6.10 Å². The molecule has 2 rings (SSSR count). The zero-order valence-corrected chi connectivity index (χ0v) is 22.0. The highest BCUT2D eigenvalue weighted by molar-refractivity contribution is 5.89. The summed E-state index contributed by atoms with van der Waals surface area (Å²) in [6, 6.07) is 6.91. The first-order valence-corrected chi connectivity index (χ1v) is 12.4. The number of carbonyl (C=O) groups is 2. The number of aliphatic hydroxyl groups is 3. The lowest BCUT2D eigenvalue weighted by molar-refractivity contribution is -0.151. The summed E-state index contributed by atoms with van der Waals surface area (Å²) in [5.74, 6) is -0.135. The van der Waals surface area contributed by atoms with Crippen LogP contribution in [0.5, 0.6) is 5.75 Å². The van der Waals surface area contributed by atoms with Gasteiger partial charge in [-0.1, -0.05) is 45.1 Å². The van der Waals surface area contributed by atoms with Gasteiger partial charge in [0.1, 0.15) is 30.1 Å². The highest BCUT2D eigenvalue weighted by Gasteiger charge is 2.37. The molecule has 0 saturated carbocycles. The van der Waals surface area contributed by atoms with Crippen LogP contribution in [0.4, 0.5) is 0 Å². The fourth-order valence-electron chi connectivity index (χ4n) is 4.05. The van der Waals surface area contributed by atoms with E-state index in [4.69, 9.17) is 9.47 Å². The van der Waals surface area contributed by atoms with Crippen LogP contribution in [0.2, 0.25) is 0 Å². The lowest BCUT2D eigenvalue weighted by Gasteiger charge is -2.29. The van der Waals surface area contributed by atoms with Crippen molar-refractivity contribution >= 4 is 11.8 Å². The molecule has 4 N–H and O–H groups in total. The molecule has 0 spiro atoms. The number of nitrogens with zero attached hydrogens (tertiary/aromatic N) is 1. The van der Waals surface area contributed by atoms with E-state index < -0.39 is 36.4 Å². The number of methoxy groups -OCH3 is 2.